The molecule has 0 aromatic rings. The van der Waals surface area contributed by atoms with Crippen LogP contribution in [0.3, 0.4) is 0 Å². The first-order chi connectivity index (χ1) is 8.59. The predicted molar refractivity (Wildman–Crippen MR) is 77.4 cm³/mol. The van der Waals surface area contributed by atoms with Crippen LogP contribution in [-0.4, -0.2) is 11.2 Å². The molecule has 2 rings (SSSR count). The van der Waals surface area contributed by atoms with Crippen molar-refractivity contribution < 1.29 is 5.11 Å². The smallest absolute Gasteiger partial charge is 0.0823 e. The SMILES string of the molecule is C=C(C)[C@H]1CCCCCCC2=CC(C)=C(C2)[C@@H]1O. The highest BCUT2D eigenvalue weighted by Crippen LogP contribution is 2.36. The van der Waals surface area contributed by atoms with Crippen LogP contribution in [0.25, 0.3) is 0 Å². The predicted octanol–water partition coefficient (Wildman–Crippen LogP) is 4.54. The lowest BCUT2D eigenvalue weighted by Crippen LogP contribution is -2.24. The molecule has 0 aromatic carbocycles. The van der Waals surface area contributed by atoms with Gasteiger partial charge < -0.3 is 5.11 Å². The lowest BCUT2D eigenvalue weighted by Gasteiger charge is -2.25. The van der Waals surface area contributed by atoms with Crippen molar-refractivity contribution in [1.29, 1.82) is 0 Å². The third kappa shape index (κ3) is 2.95. The summed E-state index contributed by atoms with van der Waals surface area (Å²) in [4.78, 5) is 0. The summed E-state index contributed by atoms with van der Waals surface area (Å²) < 4.78 is 0. The number of hydrogen-bond donors (Lipinski definition) is 1. The maximum atomic E-state index is 10.7. The van der Waals surface area contributed by atoms with Gasteiger partial charge in [0.1, 0.15) is 0 Å². The molecule has 1 N–H and O–H groups in total. The van der Waals surface area contributed by atoms with Gasteiger partial charge in [0.05, 0.1) is 6.10 Å². The van der Waals surface area contributed by atoms with Gasteiger partial charge in [-0.3, -0.25) is 0 Å². The molecule has 0 aliphatic heterocycles. The molecule has 0 radical (unpaired) electrons. The van der Waals surface area contributed by atoms with Gasteiger partial charge in [-0.15, -0.1) is 0 Å². The number of aliphatic hydroxyl groups is 1. The first kappa shape index (κ1) is 13.6. The van der Waals surface area contributed by atoms with Crippen molar-refractivity contribution in [2.75, 3.05) is 0 Å². The van der Waals surface area contributed by atoms with Crippen LogP contribution in [0.4, 0.5) is 0 Å². The Morgan fingerprint density at radius 3 is 2.72 bits per heavy atom. The van der Waals surface area contributed by atoms with Crippen LogP contribution >= 0.6 is 0 Å². The van der Waals surface area contributed by atoms with Gasteiger partial charge in [-0.1, -0.05) is 43.1 Å². The van der Waals surface area contributed by atoms with Crippen LogP contribution in [0.5, 0.6) is 0 Å². The Kier molecular flexibility index (Phi) is 4.45. The number of allylic oxidation sites excluding steroid dienone is 3. The topological polar surface area (TPSA) is 20.2 Å². The molecule has 1 fully saturated rings. The highest BCUT2D eigenvalue weighted by atomic mass is 16.3. The average Bonchev–Trinajstić information content (AvgIpc) is 2.65. The van der Waals surface area contributed by atoms with Crippen LogP contribution in [0, 0.1) is 5.92 Å². The molecule has 2 aliphatic rings. The van der Waals surface area contributed by atoms with Gasteiger partial charge in [-0.05, 0) is 50.7 Å². The molecule has 1 saturated carbocycles. The van der Waals surface area contributed by atoms with Crippen LogP contribution in [0.1, 0.15) is 58.8 Å². The van der Waals surface area contributed by atoms with E-state index in [0.29, 0.717) is 0 Å². The Bertz CT molecular complexity index is 386. The van der Waals surface area contributed by atoms with Gasteiger partial charge in [0.15, 0.2) is 0 Å². The van der Waals surface area contributed by atoms with Crippen LogP contribution in [0.15, 0.2) is 34.9 Å². The highest BCUT2D eigenvalue weighted by Gasteiger charge is 2.27. The largest absolute Gasteiger partial charge is 0.388 e. The van der Waals surface area contributed by atoms with Gasteiger partial charge >= 0.3 is 0 Å². The van der Waals surface area contributed by atoms with Gasteiger partial charge in [-0.2, -0.15) is 0 Å². The molecule has 0 spiro atoms. The van der Waals surface area contributed by atoms with Gasteiger partial charge in [0.2, 0.25) is 0 Å². The fraction of sp³-hybridized carbons (Fsp3) is 0.647. The Balaban J connectivity index is 2.20. The van der Waals surface area contributed by atoms with Crippen molar-refractivity contribution in [2.45, 2.75) is 64.9 Å². The standard InChI is InChI=1S/C17H26O/c1-12(2)15-9-7-5-4-6-8-14-10-13(3)16(11-14)17(15)18/h10,15,17-18H,1,4-9,11H2,2-3H3/t15-,17-/m1/s1. The van der Waals surface area contributed by atoms with Crippen molar-refractivity contribution in [3.63, 3.8) is 0 Å². The first-order valence-corrected chi connectivity index (χ1v) is 7.32. The van der Waals surface area contributed by atoms with E-state index in [1.807, 2.05) is 0 Å². The second-order valence-electron chi connectivity index (χ2n) is 6.04. The fourth-order valence-corrected chi connectivity index (χ4v) is 3.32. The molecule has 2 aliphatic carbocycles. The van der Waals surface area contributed by atoms with E-state index >= 15 is 0 Å². The van der Waals surface area contributed by atoms with E-state index in [1.54, 1.807) is 0 Å². The summed E-state index contributed by atoms with van der Waals surface area (Å²) in [6.07, 6.45) is 10.4. The molecule has 0 amide bonds. The summed E-state index contributed by atoms with van der Waals surface area (Å²) in [5.74, 6) is 0.251. The minimum Gasteiger partial charge on any atom is -0.388 e. The minimum absolute atomic E-state index is 0.251. The third-order valence-corrected chi connectivity index (χ3v) is 4.48. The third-order valence-electron chi connectivity index (χ3n) is 4.48. The first-order valence-electron chi connectivity index (χ1n) is 7.32. The quantitative estimate of drug-likeness (QED) is 0.673. The monoisotopic (exact) mass is 246 g/mol. The Labute approximate surface area is 111 Å². The second kappa shape index (κ2) is 5.88. The highest BCUT2D eigenvalue weighted by molar-refractivity contribution is 5.40. The summed E-state index contributed by atoms with van der Waals surface area (Å²) in [5.41, 5.74) is 5.20. The van der Waals surface area contributed by atoms with E-state index in [0.717, 1.165) is 18.4 Å². The lowest BCUT2D eigenvalue weighted by molar-refractivity contribution is 0.150. The molecule has 1 nitrogen and oxygen atoms in total. The molecule has 0 saturated heterocycles. The zero-order valence-electron chi connectivity index (χ0n) is 11.8. The number of aliphatic hydroxyl groups excluding tert-OH is 1. The van der Waals surface area contributed by atoms with E-state index in [-0.39, 0.29) is 12.0 Å². The zero-order valence-corrected chi connectivity index (χ0v) is 11.8. The second-order valence-corrected chi connectivity index (χ2v) is 6.04. The number of fused-ring (bicyclic) bond motifs is 2. The minimum atomic E-state index is -0.311. The van der Waals surface area contributed by atoms with Crippen molar-refractivity contribution >= 4 is 0 Å². The van der Waals surface area contributed by atoms with Crippen molar-refractivity contribution in [2.24, 2.45) is 5.92 Å². The van der Waals surface area contributed by atoms with E-state index in [1.165, 1.54) is 48.8 Å². The number of rotatable bonds is 1. The van der Waals surface area contributed by atoms with Gasteiger partial charge in [0, 0.05) is 5.92 Å². The zero-order chi connectivity index (χ0) is 13.1. The van der Waals surface area contributed by atoms with E-state index < -0.39 is 0 Å². The Morgan fingerprint density at radius 2 is 2.00 bits per heavy atom. The summed E-state index contributed by atoms with van der Waals surface area (Å²) in [6.45, 7) is 8.29. The van der Waals surface area contributed by atoms with Crippen LogP contribution < -0.4 is 0 Å². The molecule has 1 heteroatoms. The molecule has 0 aromatic heterocycles. The van der Waals surface area contributed by atoms with E-state index in [4.69, 9.17) is 0 Å². The molecule has 100 valence electrons. The lowest BCUT2D eigenvalue weighted by atomic mass is 9.84. The molecule has 0 unspecified atom stereocenters. The Hall–Kier alpha value is -0.820. The number of hydrogen-bond acceptors (Lipinski definition) is 1. The Morgan fingerprint density at radius 1 is 1.28 bits per heavy atom. The molecule has 2 bridgehead atoms. The maximum Gasteiger partial charge on any atom is 0.0823 e. The van der Waals surface area contributed by atoms with Crippen molar-refractivity contribution in [3.05, 3.63) is 34.9 Å². The summed E-state index contributed by atoms with van der Waals surface area (Å²) in [6, 6.07) is 0. The van der Waals surface area contributed by atoms with Gasteiger partial charge in [-0.25, -0.2) is 0 Å². The molecule has 0 heterocycles. The van der Waals surface area contributed by atoms with E-state index in [9.17, 15) is 5.11 Å². The molecule has 18 heavy (non-hydrogen) atoms. The van der Waals surface area contributed by atoms with Crippen LogP contribution in [-0.2, 0) is 0 Å². The fourth-order valence-electron chi connectivity index (χ4n) is 3.32. The summed E-state index contributed by atoms with van der Waals surface area (Å²) >= 11 is 0. The van der Waals surface area contributed by atoms with E-state index in [2.05, 4.69) is 26.5 Å². The molecular weight excluding hydrogens is 220 g/mol. The average molecular weight is 246 g/mol. The van der Waals surface area contributed by atoms with Crippen molar-refractivity contribution in [1.82, 2.24) is 0 Å². The summed E-state index contributed by atoms with van der Waals surface area (Å²) in [7, 11) is 0. The van der Waals surface area contributed by atoms with Crippen LogP contribution in [0.2, 0.25) is 0 Å². The normalized spacial score (nSPS) is 29.8. The molecule has 2 atom stereocenters. The summed E-state index contributed by atoms with van der Waals surface area (Å²) in [5, 5.41) is 10.7. The maximum absolute atomic E-state index is 10.7. The van der Waals surface area contributed by atoms with Gasteiger partial charge in [0.25, 0.3) is 0 Å². The molecular formula is C17H26O. The van der Waals surface area contributed by atoms with Crippen molar-refractivity contribution in [3.8, 4) is 0 Å².